The van der Waals surface area contributed by atoms with Gasteiger partial charge in [-0.25, -0.2) is 8.42 Å². The number of rotatable bonds is 5. The molecule has 2 amide bonds. The van der Waals surface area contributed by atoms with E-state index in [0.717, 1.165) is 11.3 Å². The number of hydrogen-bond acceptors (Lipinski definition) is 5. The summed E-state index contributed by atoms with van der Waals surface area (Å²) < 4.78 is 27.6. The van der Waals surface area contributed by atoms with Gasteiger partial charge in [-0.15, -0.1) is 11.3 Å². The van der Waals surface area contributed by atoms with E-state index < -0.39 is 15.9 Å². The minimum Gasteiger partial charge on any atom is -0.324 e. The maximum Gasteiger partial charge on any atom is 0.252 e. The lowest BCUT2D eigenvalue weighted by Gasteiger charge is -2.31. The average molecular weight is 448 g/mol. The van der Waals surface area contributed by atoms with E-state index in [-0.39, 0.29) is 18.4 Å². The molecule has 0 bridgehead atoms. The number of thiophene rings is 1. The Hall–Kier alpha value is -2.23. The summed E-state index contributed by atoms with van der Waals surface area (Å²) >= 11 is 1.25. The second-order valence-corrected chi connectivity index (χ2v) is 11.2. The van der Waals surface area contributed by atoms with Crippen molar-refractivity contribution >= 4 is 44.5 Å². The number of nitrogens with one attached hydrogen (secondary N) is 1. The van der Waals surface area contributed by atoms with E-state index in [1.807, 2.05) is 25.1 Å². The Morgan fingerprint density at radius 2 is 1.93 bits per heavy atom. The molecule has 0 saturated carbocycles. The molecule has 2 saturated heterocycles. The summed E-state index contributed by atoms with van der Waals surface area (Å²) in [4.78, 5) is 27.8. The van der Waals surface area contributed by atoms with E-state index in [4.69, 9.17) is 0 Å². The van der Waals surface area contributed by atoms with Crippen molar-refractivity contribution in [1.29, 1.82) is 0 Å². The van der Waals surface area contributed by atoms with Gasteiger partial charge >= 0.3 is 0 Å². The van der Waals surface area contributed by atoms with Crippen LogP contribution in [-0.2, 0) is 19.6 Å². The normalized spacial score (nSPS) is 20.5. The van der Waals surface area contributed by atoms with Crippen LogP contribution >= 0.6 is 11.3 Å². The van der Waals surface area contributed by atoms with Gasteiger partial charge in [-0.1, -0.05) is 12.1 Å². The molecule has 1 aromatic heterocycles. The van der Waals surface area contributed by atoms with Crippen molar-refractivity contribution in [1.82, 2.24) is 4.31 Å². The first-order valence-electron chi connectivity index (χ1n) is 10.1. The SMILES string of the molecule is Cc1ccc(S(=O)(=O)N2CCC[C@@H](C(=O)Nc3ccccc3N3CCCC3=O)C2)s1. The Labute approximate surface area is 180 Å². The van der Waals surface area contributed by atoms with E-state index in [1.54, 1.807) is 23.1 Å². The second kappa shape index (κ2) is 8.49. The lowest BCUT2D eigenvalue weighted by Crippen LogP contribution is -2.43. The van der Waals surface area contributed by atoms with Gasteiger partial charge in [-0.2, -0.15) is 4.31 Å². The number of piperidine rings is 1. The lowest BCUT2D eigenvalue weighted by molar-refractivity contribution is -0.121. The number of para-hydroxylation sites is 2. The molecule has 0 aliphatic carbocycles. The zero-order chi connectivity index (χ0) is 21.3. The van der Waals surface area contributed by atoms with Gasteiger partial charge in [-0.05, 0) is 50.5 Å². The number of carbonyl (C=O) groups is 2. The molecular weight excluding hydrogens is 422 g/mol. The maximum atomic E-state index is 13.0. The molecule has 2 aliphatic heterocycles. The molecule has 160 valence electrons. The fourth-order valence-corrected chi connectivity index (χ4v) is 6.97. The summed E-state index contributed by atoms with van der Waals surface area (Å²) in [5.41, 5.74) is 1.29. The van der Waals surface area contributed by atoms with Crippen LogP contribution in [0.15, 0.2) is 40.6 Å². The number of aryl methyl sites for hydroxylation is 1. The number of amides is 2. The van der Waals surface area contributed by atoms with Gasteiger partial charge in [-0.3, -0.25) is 9.59 Å². The molecule has 1 aromatic carbocycles. The highest BCUT2D eigenvalue weighted by atomic mass is 32.2. The fourth-order valence-electron chi connectivity index (χ4n) is 4.01. The van der Waals surface area contributed by atoms with Crippen molar-refractivity contribution < 1.29 is 18.0 Å². The van der Waals surface area contributed by atoms with Gasteiger partial charge in [0, 0.05) is 30.9 Å². The zero-order valence-corrected chi connectivity index (χ0v) is 18.5. The highest BCUT2D eigenvalue weighted by Crippen LogP contribution is 2.32. The van der Waals surface area contributed by atoms with Gasteiger partial charge in [0.2, 0.25) is 11.8 Å². The molecule has 0 spiro atoms. The molecule has 1 N–H and O–H groups in total. The van der Waals surface area contributed by atoms with Crippen LogP contribution in [0.2, 0.25) is 0 Å². The molecule has 3 heterocycles. The van der Waals surface area contributed by atoms with Crippen molar-refractivity contribution in [3.63, 3.8) is 0 Å². The lowest BCUT2D eigenvalue weighted by atomic mass is 9.98. The fraction of sp³-hybridized carbons (Fsp3) is 0.429. The Bertz CT molecular complexity index is 1060. The predicted molar refractivity (Wildman–Crippen MR) is 117 cm³/mol. The molecule has 30 heavy (non-hydrogen) atoms. The first-order valence-corrected chi connectivity index (χ1v) is 12.4. The van der Waals surface area contributed by atoms with Crippen molar-refractivity contribution in [3.8, 4) is 0 Å². The molecule has 4 rings (SSSR count). The third-order valence-corrected chi connectivity index (χ3v) is 8.92. The van der Waals surface area contributed by atoms with E-state index in [9.17, 15) is 18.0 Å². The van der Waals surface area contributed by atoms with Crippen molar-refractivity contribution in [2.24, 2.45) is 5.92 Å². The monoisotopic (exact) mass is 447 g/mol. The second-order valence-electron chi connectivity index (χ2n) is 7.72. The van der Waals surface area contributed by atoms with Gasteiger partial charge in [0.1, 0.15) is 4.21 Å². The van der Waals surface area contributed by atoms with Gasteiger partial charge in [0.15, 0.2) is 0 Å². The van der Waals surface area contributed by atoms with Crippen LogP contribution in [0, 0.1) is 12.8 Å². The largest absolute Gasteiger partial charge is 0.324 e. The summed E-state index contributed by atoms with van der Waals surface area (Å²) in [6, 6.07) is 10.7. The van der Waals surface area contributed by atoms with E-state index in [1.165, 1.54) is 15.6 Å². The van der Waals surface area contributed by atoms with E-state index >= 15 is 0 Å². The van der Waals surface area contributed by atoms with Crippen LogP contribution in [-0.4, -0.2) is 44.2 Å². The van der Waals surface area contributed by atoms with E-state index in [2.05, 4.69) is 5.32 Å². The highest BCUT2D eigenvalue weighted by Gasteiger charge is 2.34. The minimum absolute atomic E-state index is 0.0536. The third-order valence-electron chi connectivity index (χ3n) is 5.59. The molecular formula is C21H25N3O4S2. The molecule has 9 heteroatoms. The standard InChI is InChI=1S/C21H25N3O4S2/c1-15-10-11-20(29-15)30(27,28)23-12-4-6-16(14-23)21(26)22-17-7-2-3-8-18(17)24-13-5-9-19(24)25/h2-3,7-8,10-11,16H,4-6,9,12-14H2,1H3,(H,22,26)/t16-/m1/s1. The topological polar surface area (TPSA) is 86.8 Å². The zero-order valence-electron chi connectivity index (χ0n) is 16.8. The molecule has 0 radical (unpaired) electrons. The van der Waals surface area contributed by atoms with Gasteiger partial charge < -0.3 is 10.2 Å². The van der Waals surface area contributed by atoms with Crippen LogP contribution < -0.4 is 10.2 Å². The summed E-state index contributed by atoms with van der Waals surface area (Å²) in [5.74, 6) is -0.592. The van der Waals surface area contributed by atoms with Crippen LogP contribution in [0.25, 0.3) is 0 Å². The number of anilines is 2. The Morgan fingerprint density at radius 3 is 2.63 bits per heavy atom. The number of sulfonamides is 1. The first-order chi connectivity index (χ1) is 14.4. The van der Waals surface area contributed by atoms with Crippen LogP contribution in [0.3, 0.4) is 0 Å². The Kier molecular flexibility index (Phi) is 5.95. The van der Waals surface area contributed by atoms with E-state index in [0.29, 0.717) is 47.9 Å². The molecule has 2 aromatic rings. The van der Waals surface area contributed by atoms with Crippen LogP contribution in [0.4, 0.5) is 11.4 Å². The summed E-state index contributed by atoms with van der Waals surface area (Å²) in [5, 5.41) is 2.94. The average Bonchev–Trinajstić information content (AvgIpc) is 3.37. The molecule has 0 unspecified atom stereocenters. The number of benzene rings is 1. The Morgan fingerprint density at radius 1 is 1.13 bits per heavy atom. The van der Waals surface area contributed by atoms with Crippen LogP contribution in [0.1, 0.15) is 30.6 Å². The van der Waals surface area contributed by atoms with Crippen molar-refractivity contribution in [2.75, 3.05) is 29.9 Å². The number of nitrogens with zero attached hydrogens (tertiary/aromatic N) is 2. The highest BCUT2D eigenvalue weighted by molar-refractivity contribution is 7.91. The Balaban J connectivity index is 1.49. The van der Waals surface area contributed by atoms with Crippen molar-refractivity contribution in [3.05, 3.63) is 41.3 Å². The quantitative estimate of drug-likeness (QED) is 0.762. The molecule has 7 nitrogen and oxygen atoms in total. The molecule has 1 atom stereocenters. The summed E-state index contributed by atoms with van der Waals surface area (Å²) in [7, 11) is -3.59. The molecule has 2 aliphatic rings. The molecule has 2 fully saturated rings. The number of hydrogen-bond donors (Lipinski definition) is 1. The third kappa shape index (κ3) is 4.14. The van der Waals surface area contributed by atoms with Gasteiger partial charge in [0.05, 0.1) is 17.3 Å². The summed E-state index contributed by atoms with van der Waals surface area (Å²) in [6.07, 6.45) is 2.58. The number of carbonyl (C=O) groups excluding carboxylic acids is 2. The maximum absolute atomic E-state index is 13.0. The smallest absolute Gasteiger partial charge is 0.252 e. The first kappa shape index (κ1) is 21.0. The summed E-state index contributed by atoms with van der Waals surface area (Å²) in [6.45, 7) is 3.10. The van der Waals surface area contributed by atoms with Crippen molar-refractivity contribution in [2.45, 2.75) is 36.8 Å². The predicted octanol–water partition coefficient (Wildman–Crippen LogP) is 3.22. The van der Waals surface area contributed by atoms with Crippen LogP contribution in [0.5, 0.6) is 0 Å². The van der Waals surface area contributed by atoms with Gasteiger partial charge in [0.25, 0.3) is 10.0 Å². The minimum atomic E-state index is -3.59.